The molecule has 0 aliphatic rings. The van der Waals surface area contributed by atoms with E-state index in [0.29, 0.717) is 0 Å². The maximum atomic E-state index is 10.5. The van der Waals surface area contributed by atoms with Crippen molar-refractivity contribution in [3.05, 3.63) is 78.9 Å². The Morgan fingerprint density at radius 3 is 1.36 bits per heavy atom. The number of carboxylic acid groups (broad SMARTS) is 1. The number of carboxylic acids is 1. The van der Waals surface area contributed by atoms with Crippen LogP contribution in [0, 0.1) is 0 Å². The molecule has 0 unspecified atom stereocenters. The van der Waals surface area contributed by atoms with Gasteiger partial charge in [0.05, 0.1) is 10.9 Å². The second-order valence-corrected chi connectivity index (χ2v) is 7.42. The van der Waals surface area contributed by atoms with E-state index < -0.39 is 12.1 Å². The van der Waals surface area contributed by atoms with Gasteiger partial charge in [0, 0.05) is 0 Å². The fourth-order valence-electron chi connectivity index (χ4n) is 2.13. The first kappa shape index (κ1) is 21.2. The molecule has 0 spiro atoms. The van der Waals surface area contributed by atoms with Crippen molar-refractivity contribution < 1.29 is 33.3 Å². The van der Waals surface area contributed by atoms with E-state index in [9.17, 15) is 23.4 Å². The molecule has 0 atom stereocenters. The molecule has 28 heavy (non-hydrogen) atoms. The molecule has 0 aliphatic heterocycles. The maximum absolute atomic E-state index is 10.5. The van der Waals surface area contributed by atoms with Gasteiger partial charge in [0.15, 0.2) is 14.7 Å². The van der Waals surface area contributed by atoms with Crippen LogP contribution in [0.1, 0.15) is 0 Å². The number of hydrogen-bond acceptors (Lipinski definition) is 4. The quantitative estimate of drug-likeness (QED) is 0.650. The van der Waals surface area contributed by atoms with Gasteiger partial charge in [0.1, 0.15) is 17.5 Å². The Kier molecular flexibility index (Phi) is 6.94. The molecular formula is C20H15F3O4S. The number of phenolic OH excluding ortho intramolecular Hbond substituents is 2. The zero-order valence-electron chi connectivity index (χ0n) is 14.3. The Morgan fingerprint density at radius 2 is 1.04 bits per heavy atom. The number of alkyl halides is 3. The minimum Gasteiger partial charge on any atom is -0.542 e. The van der Waals surface area contributed by atoms with Crippen LogP contribution in [0.15, 0.2) is 93.5 Å². The largest absolute Gasteiger partial charge is 0.542 e. The predicted octanol–water partition coefficient (Wildman–Crippen LogP) is 3.49. The van der Waals surface area contributed by atoms with Crippen LogP contribution in [0.4, 0.5) is 13.2 Å². The first-order valence-corrected chi connectivity index (χ1v) is 9.06. The zero-order chi connectivity index (χ0) is 20.7. The number of aromatic hydroxyl groups is 2. The number of carbonyl (C=O) groups is 1. The van der Waals surface area contributed by atoms with Gasteiger partial charge in [-0.2, -0.15) is 13.2 Å². The monoisotopic (exact) mass is 408 g/mol. The van der Waals surface area contributed by atoms with Crippen LogP contribution in [-0.2, 0) is 15.7 Å². The number of rotatable bonds is 3. The minimum absolute atomic E-state index is 0.253. The van der Waals surface area contributed by atoms with E-state index in [0.717, 1.165) is 9.79 Å². The summed E-state index contributed by atoms with van der Waals surface area (Å²) in [7, 11) is -0.253. The van der Waals surface area contributed by atoms with Gasteiger partial charge in [-0.25, -0.2) is 0 Å². The van der Waals surface area contributed by atoms with Crippen molar-refractivity contribution in [2.24, 2.45) is 0 Å². The first-order chi connectivity index (χ1) is 13.2. The first-order valence-electron chi connectivity index (χ1n) is 7.84. The van der Waals surface area contributed by atoms with Gasteiger partial charge in [-0.3, -0.25) is 0 Å². The highest BCUT2D eigenvalue weighted by molar-refractivity contribution is 7.97. The Morgan fingerprint density at radius 1 is 0.714 bits per heavy atom. The summed E-state index contributed by atoms with van der Waals surface area (Å²) in [6.45, 7) is 0. The van der Waals surface area contributed by atoms with Crippen LogP contribution in [0.5, 0.6) is 11.5 Å². The molecule has 0 heterocycles. The van der Waals surface area contributed by atoms with Gasteiger partial charge in [0.25, 0.3) is 0 Å². The van der Waals surface area contributed by atoms with E-state index in [-0.39, 0.29) is 22.4 Å². The summed E-state index contributed by atoms with van der Waals surface area (Å²) >= 11 is 0. The third-order valence-corrected chi connectivity index (χ3v) is 5.59. The number of hydrogen-bond donors (Lipinski definition) is 2. The molecule has 0 radical (unpaired) electrons. The lowest BCUT2D eigenvalue weighted by atomic mass is 10.3. The second kappa shape index (κ2) is 9.18. The van der Waals surface area contributed by atoms with E-state index in [1.54, 1.807) is 24.3 Å². The third kappa shape index (κ3) is 5.95. The van der Waals surface area contributed by atoms with Crippen molar-refractivity contribution in [1.82, 2.24) is 0 Å². The normalized spacial score (nSPS) is 10.9. The van der Waals surface area contributed by atoms with Crippen molar-refractivity contribution in [1.29, 1.82) is 0 Å². The molecule has 0 aromatic heterocycles. The molecule has 0 fully saturated rings. The highest BCUT2D eigenvalue weighted by Gasteiger charge is 2.29. The molecule has 3 aromatic carbocycles. The number of phenols is 2. The van der Waals surface area contributed by atoms with Crippen LogP contribution in [0.3, 0.4) is 0 Å². The molecule has 0 amide bonds. The molecule has 146 valence electrons. The molecule has 3 aromatic rings. The lowest BCUT2D eigenvalue weighted by molar-refractivity contribution is -0.344. The molecule has 8 heteroatoms. The fraction of sp³-hybridized carbons (Fsp3) is 0.0500. The average Bonchev–Trinajstić information content (AvgIpc) is 2.66. The molecule has 0 bridgehead atoms. The molecule has 0 aliphatic carbocycles. The SMILES string of the molecule is O=C([O-])C(F)(F)F.Oc1ccc([S+](c2ccccc2)c2ccc(O)cc2)cc1. The summed E-state index contributed by atoms with van der Waals surface area (Å²) in [6, 6.07) is 24.8. The number of aliphatic carboxylic acids is 1. The van der Waals surface area contributed by atoms with Crippen molar-refractivity contribution in [2.75, 3.05) is 0 Å². The smallest absolute Gasteiger partial charge is 0.430 e. The van der Waals surface area contributed by atoms with Gasteiger partial charge in [0.2, 0.25) is 0 Å². The Bertz CT molecular complexity index is 850. The van der Waals surface area contributed by atoms with Crippen LogP contribution in [0.2, 0.25) is 0 Å². The summed E-state index contributed by atoms with van der Waals surface area (Å²) in [5, 5.41) is 27.8. The standard InChI is InChI=1S/C18H14O2S.C2HF3O2/c19-14-6-10-17(11-7-14)21(16-4-2-1-3-5-16)18-12-8-15(20)9-13-18;3-2(4,5)1(6)7/h1-13H,(H-,19,20);(H,6,7). The van der Waals surface area contributed by atoms with E-state index in [2.05, 4.69) is 12.1 Å². The summed E-state index contributed by atoms with van der Waals surface area (Å²) < 4.78 is 31.5. The number of halogens is 3. The molecular weight excluding hydrogens is 393 g/mol. The van der Waals surface area contributed by atoms with Gasteiger partial charge in [-0.15, -0.1) is 0 Å². The summed E-state index contributed by atoms with van der Waals surface area (Å²) in [6.07, 6.45) is -5.19. The van der Waals surface area contributed by atoms with E-state index in [1.807, 2.05) is 42.5 Å². The van der Waals surface area contributed by atoms with Crippen molar-refractivity contribution in [2.45, 2.75) is 20.9 Å². The van der Waals surface area contributed by atoms with Crippen LogP contribution in [-0.4, -0.2) is 22.4 Å². The van der Waals surface area contributed by atoms with Crippen molar-refractivity contribution in [3.8, 4) is 11.5 Å². The van der Waals surface area contributed by atoms with E-state index in [4.69, 9.17) is 9.90 Å². The van der Waals surface area contributed by atoms with E-state index in [1.165, 1.54) is 4.90 Å². The lowest BCUT2D eigenvalue weighted by Crippen LogP contribution is -2.37. The van der Waals surface area contributed by atoms with Crippen molar-refractivity contribution in [3.63, 3.8) is 0 Å². The molecule has 2 N–H and O–H groups in total. The van der Waals surface area contributed by atoms with Crippen LogP contribution < -0.4 is 5.11 Å². The fourth-order valence-corrected chi connectivity index (χ4v) is 4.19. The van der Waals surface area contributed by atoms with Gasteiger partial charge in [-0.1, -0.05) is 18.2 Å². The number of carbonyl (C=O) groups excluding carboxylic acids is 1. The third-order valence-electron chi connectivity index (χ3n) is 3.36. The zero-order valence-corrected chi connectivity index (χ0v) is 15.1. The summed E-state index contributed by atoms with van der Waals surface area (Å²) in [5.41, 5.74) is 0. The molecule has 4 nitrogen and oxygen atoms in total. The average molecular weight is 408 g/mol. The maximum Gasteiger partial charge on any atom is 0.430 e. The van der Waals surface area contributed by atoms with E-state index >= 15 is 0 Å². The highest BCUT2D eigenvalue weighted by atomic mass is 32.2. The predicted molar refractivity (Wildman–Crippen MR) is 95.9 cm³/mol. The van der Waals surface area contributed by atoms with Gasteiger partial charge in [-0.05, 0) is 60.7 Å². The van der Waals surface area contributed by atoms with Crippen LogP contribution in [0.25, 0.3) is 0 Å². The van der Waals surface area contributed by atoms with Crippen molar-refractivity contribution >= 4 is 16.9 Å². The van der Waals surface area contributed by atoms with Gasteiger partial charge >= 0.3 is 6.18 Å². The summed E-state index contributed by atoms with van der Waals surface area (Å²) in [5.74, 6) is -2.48. The molecule has 0 saturated carbocycles. The Hall–Kier alpha value is -3.13. The van der Waals surface area contributed by atoms with Crippen LogP contribution >= 0.6 is 0 Å². The Balaban J connectivity index is 0.000000345. The Labute approximate surface area is 161 Å². The van der Waals surface area contributed by atoms with Gasteiger partial charge < -0.3 is 20.1 Å². The minimum atomic E-state index is -5.19. The summed E-state index contributed by atoms with van der Waals surface area (Å²) in [4.78, 5) is 12.2. The topological polar surface area (TPSA) is 80.6 Å². The second-order valence-electron chi connectivity index (χ2n) is 5.39. The number of benzene rings is 3. The molecule has 3 rings (SSSR count). The lowest BCUT2D eigenvalue weighted by Gasteiger charge is -2.08. The molecule has 0 saturated heterocycles. The highest BCUT2D eigenvalue weighted by Crippen LogP contribution is 2.32.